The van der Waals surface area contributed by atoms with Gasteiger partial charge in [0.25, 0.3) is 0 Å². The molecule has 2 N–H and O–H groups in total. The van der Waals surface area contributed by atoms with Gasteiger partial charge in [0, 0.05) is 18.2 Å². The Kier molecular flexibility index (Phi) is 4.16. The summed E-state index contributed by atoms with van der Waals surface area (Å²) in [5.41, 5.74) is 1.03. The van der Waals surface area contributed by atoms with Crippen LogP contribution in [0.2, 0.25) is 0 Å². The maximum atomic E-state index is 5.32. The fourth-order valence-electron chi connectivity index (χ4n) is 1.47. The molecule has 2 aromatic rings. The van der Waals surface area contributed by atoms with Crippen molar-refractivity contribution in [1.82, 2.24) is 10.2 Å². The van der Waals surface area contributed by atoms with Crippen LogP contribution in [0, 0.1) is 3.95 Å². The summed E-state index contributed by atoms with van der Waals surface area (Å²) in [6, 6.07) is 5.70. The van der Waals surface area contributed by atoms with Gasteiger partial charge < -0.3 is 14.8 Å². The summed E-state index contributed by atoms with van der Waals surface area (Å²) >= 11 is 6.36. The Morgan fingerprint density at radius 1 is 1.39 bits per heavy atom. The molecule has 96 valence electrons. The van der Waals surface area contributed by atoms with Crippen LogP contribution in [0.25, 0.3) is 0 Å². The third-order valence-corrected chi connectivity index (χ3v) is 3.41. The largest absolute Gasteiger partial charge is 0.497 e. The van der Waals surface area contributed by atoms with E-state index in [0.29, 0.717) is 10.5 Å². The molecule has 0 amide bonds. The minimum absolute atomic E-state index is 0.614. The van der Waals surface area contributed by atoms with E-state index in [2.05, 4.69) is 15.5 Å². The van der Waals surface area contributed by atoms with Gasteiger partial charge in [0.2, 0.25) is 5.13 Å². The molecule has 2 rings (SSSR count). The van der Waals surface area contributed by atoms with E-state index in [4.69, 9.17) is 21.7 Å². The van der Waals surface area contributed by atoms with Gasteiger partial charge in [-0.1, -0.05) is 11.3 Å². The van der Waals surface area contributed by atoms with E-state index in [1.165, 1.54) is 11.3 Å². The monoisotopic (exact) mass is 283 g/mol. The van der Waals surface area contributed by atoms with Crippen molar-refractivity contribution >= 4 is 28.7 Å². The van der Waals surface area contributed by atoms with Gasteiger partial charge in [-0.15, -0.1) is 5.10 Å². The van der Waals surface area contributed by atoms with E-state index in [-0.39, 0.29) is 0 Å². The molecule has 0 aliphatic rings. The average molecular weight is 283 g/mol. The van der Waals surface area contributed by atoms with Crippen molar-refractivity contribution in [3.05, 3.63) is 27.7 Å². The smallest absolute Gasteiger partial charge is 0.204 e. The maximum Gasteiger partial charge on any atom is 0.204 e. The van der Waals surface area contributed by atoms with E-state index in [1.807, 2.05) is 18.2 Å². The second-order valence-electron chi connectivity index (χ2n) is 3.45. The van der Waals surface area contributed by atoms with E-state index in [0.717, 1.165) is 22.2 Å². The number of hydrogen-bond donors (Lipinski definition) is 2. The Labute approximate surface area is 114 Å². The van der Waals surface area contributed by atoms with Gasteiger partial charge in [0.15, 0.2) is 3.95 Å². The van der Waals surface area contributed by atoms with Crippen LogP contribution in [0.3, 0.4) is 0 Å². The second-order valence-corrected chi connectivity index (χ2v) is 5.12. The quantitative estimate of drug-likeness (QED) is 0.826. The summed E-state index contributed by atoms with van der Waals surface area (Å²) in [6.07, 6.45) is 0. The minimum Gasteiger partial charge on any atom is -0.497 e. The van der Waals surface area contributed by atoms with Gasteiger partial charge in [0.1, 0.15) is 11.5 Å². The first-order valence-corrected chi connectivity index (χ1v) is 6.45. The summed E-state index contributed by atoms with van der Waals surface area (Å²) in [5.74, 6) is 1.55. The van der Waals surface area contributed by atoms with Crippen molar-refractivity contribution in [1.29, 1.82) is 0 Å². The number of aromatic nitrogens is 2. The molecular weight excluding hydrogens is 270 g/mol. The molecular formula is C11H13N3O2S2. The Balaban J connectivity index is 2.11. The number of aromatic amines is 1. The molecule has 1 aromatic heterocycles. The zero-order chi connectivity index (χ0) is 13.0. The van der Waals surface area contributed by atoms with Gasteiger partial charge in [-0.05, 0) is 24.4 Å². The lowest BCUT2D eigenvalue weighted by Gasteiger charge is -2.10. The van der Waals surface area contributed by atoms with Crippen LogP contribution in [-0.4, -0.2) is 24.4 Å². The van der Waals surface area contributed by atoms with Crippen molar-refractivity contribution in [3.63, 3.8) is 0 Å². The molecule has 0 fully saturated rings. The highest BCUT2D eigenvalue weighted by atomic mass is 32.1. The third kappa shape index (κ3) is 2.99. The Hall–Kier alpha value is -1.60. The molecule has 0 saturated heterocycles. The predicted octanol–water partition coefficient (Wildman–Crippen LogP) is 2.83. The van der Waals surface area contributed by atoms with Crippen LogP contribution in [0.1, 0.15) is 5.56 Å². The van der Waals surface area contributed by atoms with E-state index in [9.17, 15) is 0 Å². The molecule has 18 heavy (non-hydrogen) atoms. The molecule has 1 heterocycles. The van der Waals surface area contributed by atoms with Crippen LogP contribution >= 0.6 is 23.6 Å². The van der Waals surface area contributed by atoms with Gasteiger partial charge in [-0.3, -0.25) is 5.10 Å². The first-order chi connectivity index (χ1) is 8.72. The molecule has 0 bridgehead atoms. The Bertz CT molecular complexity index is 580. The number of H-pyrrole nitrogens is 1. The Morgan fingerprint density at radius 2 is 2.22 bits per heavy atom. The third-order valence-electron chi connectivity index (χ3n) is 2.36. The molecule has 0 aliphatic heterocycles. The highest BCUT2D eigenvalue weighted by Crippen LogP contribution is 2.25. The number of nitrogens with one attached hydrogen (secondary N) is 2. The fraction of sp³-hybridized carbons (Fsp3) is 0.273. The molecule has 0 unspecified atom stereocenters. The lowest BCUT2D eigenvalue weighted by atomic mass is 10.2. The maximum absolute atomic E-state index is 5.32. The average Bonchev–Trinajstić information content (AvgIpc) is 2.82. The topological polar surface area (TPSA) is 59.2 Å². The number of nitrogens with zero attached hydrogens (tertiary/aromatic N) is 1. The molecule has 0 aliphatic carbocycles. The van der Waals surface area contributed by atoms with Crippen LogP contribution in [-0.2, 0) is 6.54 Å². The van der Waals surface area contributed by atoms with Gasteiger partial charge in [0.05, 0.1) is 14.2 Å². The molecule has 0 saturated carbocycles. The summed E-state index contributed by atoms with van der Waals surface area (Å²) in [7, 11) is 3.26. The molecule has 0 radical (unpaired) electrons. The normalized spacial score (nSPS) is 10.1. The SMILES string of the molecule is COc1ccc(CNc2n[nH]c(=S)s2)c(OC)c1. The van der Waals surface area contributed by atoms with Gasteiger partial charge >= 0.3 is 0 Å². The first kappa shape index (κ1) is 12.8. The number of anilines is 1. The molecule has 0 spiro atoms. The number of methoxy groups -OCH3 is 2. The fourth-order valence-corrected chi connectivity index (χ4v) is 2.26. The molecule has 5 nitrogen and oxygen atoms in total. The minimum atomic E-state index is 0.614. The van der Waals surface area contributed by atoms with Gasteiger partial charge in [-0.25, -0.2) is 0 Å². The second kappa shape index (κ2) is 5.83. The summed E-state index contributed by atoms with van der Waals surface area (Å²) in [6.45, 7) is 0.614. The van der Waals surface area contributed by atoms with Gasteiger partial charge in [-0.2, -0.15) is 0 Å². The number of rotatable bonds is 5. The predicted molar refractivity (Wildman–Crippen MR) is 74.2 cm³/mol. The van der Waals surface area contributed by atoms with Crippen molar-refractivity contribution < 1.29 is 9.47 Å². The first-order valence-electron chi connectivity index (χ1n) is 5.23. The highest BCUT2D eigenvalue weighted by Gasteiger charge is 2.05. The zero-order valence-electron chi connectivity index (χ0n) is 10.0. The lowest BCUT2D eigenvalue weighted by molar-refractivity contribution is 0.391. The summed E-state index contributed by atoms with van der Waals surface area (Å²) in [4.78, 5) is 0. The molecule has 0 atom stereocenters. The molecule has 7 heteroatoms. The van der Waals surface area contributed by atoms with Crippen LogP contribution in [0.4, 0.5) is 5.13 Å². The zero-order valence-corrected chi connectivity index (χ0v) is 11.7. The Morgan fingerprint density at radius 3 is 2.83 bits per heavy atom. The summed E-state index contributed by atoms with van der Waals surface area (Å²) in [5, 5.41) is 10.7. The van der Waals surface area contributed by atoms with Crippen molar-refractivity contribution in [2.45, 2.75) is 6.54 Å². The highest BCUT2D eigenvalue weighted by molar-refractivity contribution is 7.73. The van der Waals surface area contributed by atoms with Crippen molar-refractivity contribution in [2.75, 3.05) is 19.5 Å². The van der Waals surface area contributed by atoms with Crippen LogP contribution in [0.15, 0.2) is 18.2 Å². The lowest BCUT2D eigenvalue weighted by Crippen LogP contribution is -2.01. The van der Waals surface area contributed by atoms with E-state index >= 15 is 0 Å². The van der Waals surface area contributed by atoms with Crippen molar-refractivity contribution in [3.8, 4) is 11.5 Å². The number of ether oxygens (including phenoxy) is 2. The van der Waals surface area contributed by atoms with E-state index in [1.54, 1.807) is 14.2 Å². The number of hydrogen-bond acceptors (Lipinski definition) is 6. The number of benzene rings is 1. The van der Waals surface area contributed by atoms with Crippen molar-refractivity contribution in [2.24, 2.45) is 0 Å². The van der Waals surface area contributed by atoms with Crippen LogP contribution < -0.4 is 14.8 Å². The van der Waals surface area contributed by atoms with Crippen LogP contribution in [0.5, 0.6) is 11.5 Å². The standard InChI is InChI=1S/C11H13N3O2S2/c1-15-8-4-3-7(9(5-8)16-2)6-12-10-13-14-11(17)18-10/h3-5H,6H2,1-2H3,(H,12,13)(H,14,17). The molecule has 1 aromatic carbocycles. The summed E-state index contributed by atoms with van der Waals surface area (Å²) < 4.78 is 11.1. The van der Waals surface area contributed by atoms with E-state index < -0.39 is 0 Å².